The third kappa shape index (κ3) is 5.33. The Bertz CT molecular complexity index is 1920. The zero-order valence-electron chi connectivity index (χ0n) is 24.0. The molecule has 4 aromatic rings. The van der Waals surface area contributed by atoms with Gasteiger partial charge in [0.2, 0.25) is 5.78 Å². The summed E-state index contributed by atoms with van der Waals surface area (Å²) in [5, 5.41) is 4.14. The Morgan fingerprint density at radius 1 is 1.13 bits per heavy atom. The molecule has 0 unspecified atom stereocenters. The average Bonchev–Trinajstić information content (AvgIpc) is 3.33. The van der Waals surface area contributed by atoms with Crippen LogP contribution in [0.2, 0.25) is 0 Å². The van der Waals surface area contributed by atoms with E-state index in [-0.39, 0.29) is 35.3 Å². The van der Waals surface area contributed by atoms with Gasteiger partial charge in [0.25, 0.3) is 10.0 Å². The van der Waals surface area contributed by atoms with Crippen LogP contribution in [0.25, 0.3) is 11.8 Å². The van der Waals surface area contributed by atoms with Crippen molar-refractivity contribution >= 4 is 33.2 Å². The van der Waals surface area contributed by atoms with E-state index in [0.717, 1.165) is 12.8 Å². The fraction of sp³-hybridized carbons (Fsp3) is 0.400. The highest BCUT2D eigenvalue weighted by Gasteiger charge is 2.53. The van der Waals surface area contributed by atoms with Gasteiger partial charge in [-0.1, -0.05) is 5.57 Å². The third-order valence-electron chi connectivity index (χ3n) is 8.92. The van der Waals surface area contributed by atoms with Crippen molar-refractivity contribution in [3.8, 4) is 5.69 Å². The smallest absolute Gasteiger partial charge is 0.339 e. The molecule has 3 aliphatic rings. The summed E-state index contributed by atoms with van der Waals surface area (Å²) in [6.07, 6.45) is 4.99. The largest absolute Gasteiger partial charge is 0.427 e. The minimum absolute atomic E-state index is 0.0680. The number of aromatic nitrogens is 5. The van der Waals surface area contributed by atoms with E-state index in [1.807, 2.05) is 6.08 Å². The molecule has 0 saturated heterocycles. The first kappa shape index (κ1) is 30.0. The predicted octanol–water partition coefficient (Wildman–Crippen LogP) is 5.68. The van der Waals surface area contributed by atoms with Crippen LogP contribution >= 0.6 is 11.3 Å². The van der Waals surface area contributed by atoms with Crippen molar-refractivity contribution in [2.75, 3.05) is 6.54 Å². The minimum atomic E-state index is -4.66. The zero-order chi connectivity index (χ0) is 31.7. The van der Waals surface area contributed by atoms with E-state index in [9.17, 15) is 30.8 Å². The van der Waals surface area contributed by atoms with Gasteiger partial charge >= 0.3 is 6.18 Å². The van der Waals surface area contributed by atoms with Crippen LogP contribution < -0.4 is 0 Å². The van der Waals surface area contributed by atoms with Gasteiger partial charge in [-0.15, -0.1) is 11.3 Å². The molecule has 0 amide bonds. The molecule has 2 atom stereocenters. The molecule has 15 heteroatoms. The molecule has 0 spiro atoms. The molecule has 1 aromatic carbocycles. The van der Waals surface area contributed by atoms with Crippen LogP contribution in [0.3, 0.4) is 0 Å². The van der Waals surface area contributed by atoms with E-state index in [0.29, 0.717) is 52.9 Å². The van der Waals surface area contributed by atoms with Gasteiger partial charge in [-0.05, 0) is 80.3 Å². The fourth-order valence-corrected chi connectivity index (χ4v) is 9.00. The van der Waals surface area contributed by atoms with Crippen LogP contribution in [0.15, 0.2) is 59.8 Å². The summed E-state index contributed by atoms with van der Waals surface area (Å²) < 4.78 is 86.9. The number of alkyl halides is 3. The molecule has 3 heterocycles. The number of imidazole rings is 1. The van der Waals surface area contributed by atoms with E-state index in [1.54, 1.807) is 34.6 Å². The Balaban J connectivity index is 1.32. The molecule has 3 aliphatic carbocycles. The van der Waals surface area contributed by atoms with Crippen molar-refractivity contribution in [3.63, 3.8) is 0 Å². The molecule has 45 heavy (non-hydrogen) atoms. The molecule has 2 saturated carbocycles. The lowest BCUT2D eigenvalue weighted by molar-refractivity contribution is -0.134. The quantitative estimate of drug-likeness (QED) is 0.178. The van der Waals surface area contributed by atoms with Crippen LogP contribution in [-0.4, -0.2) is 55.4 Å². The Labute approximate surface area is 260 Å². The molecule has 0 N–H and O–H groups in total. The monoisotopic (exact) mass is 660 g/mol. The Morgan fingerprint density at radius 2 is 1.89 bits per heavy atom. The van der Waals surface area contributed by atoms with E-state index in [1.165, 1.54) is 29.0 Å². The minimum Gasteiger partial charge on any atom is -0.339 e. The number of hydrogen-bond donors (Lipinski definition) is 0. The number of benzene rings is 1. The highest BCUT2D eigenvalue weighted by Crippen LogP contribution is 2.52. The lowest BCUT2D eigenvalue weighted by atomic mass is 9.61. The van der Waals surface area contributed by atoms with Gasteiger partial charge in [-0.25, -0.2) is 27.5 Å². The van der Waals surface area contributed by atoms with Gasteiger partial charge in [0, 0.05) is 25.8 Å². The van der Waals surface area contributed by atoms with Crippen molar-refractivity contribution < 1.29 is 30.8 Å². The summed E-state index contributed by atoms with van der Waals surface area (Å²) in [6, 6.07) is 5.19. The lowest BCUT2D eigenvalue weighted by Gasteiger charge is -2.46. The van der Waals surface area contributed by atoms with E-state index >= 15 is 0 Å². The average molecular weight is 661 g/mol. The highest BCUT2D eigenvalue weighted by molar-refractivity contribution is 7.89. The SMILES string of the molecule is Cn1cnc(S(=O)(=O)N(CC2CC2)[C@H]2CCC3=Cc4c(cnn4-c4ccc(F)cc4)C[C@]3(C(=O)c3ncc(C(F)(F)F)s3)C2)c1. The van der Waals surface area contributed by atoms with Crippen LogP contribution in [0.4, 0.5) is 17.6 Å². The van der Waals surface area contributed by atoms with Crippen molar-refractivity contribution in [1.29, 1.82) is 0 Å². The molecule has 3 aromatic heterocycles. The second-order valence-corrected chi connectivity index (χ2v) is 14.9. The maximum atomic E-state index is 14.4. The van der Waals surface area contributed by atoms with Crippen LogP contribution in [0, 0.1) is 17.2 Å². The van der Waals surface area contributed by atoms with E-state index in [2.05, 4.69) is 15.1 Å². The number of fused-ring (bicyclic) bond motifs is 2. The topological polar surface area (TPSA) is 103 Å². The van der Waals surface area contributed by atoms with E-state index < -0.39 is 44.1 Å². The van der Waals surface area contributed by atoms with Gasteiger partial charge in [0.15, 0.2) is 10.0 Å². The molecule has 0 bridgehead atoms. The number of hydrogen-bond acceptors (Lipinski definition) is 7. The number of ketones is 1. The second kappa shape index (κ2) is 10.7. The van der Waals surface area contributed by atoms with Crippen molar-refractivity contribution in [2.45, 2.75) is 55.8 Å². The summed E-state index contributed by atoms with van der Waals surface area (Å²) in [5.74, 6) is -0.785. The number of carbonyl (C=O) groups is 1. The summed E-state index contributed by atoms with van der Waals surface area (Å²) in [5.41, 5.74) is 1.31. The molecule has 9 nitrogen and oxygen atoms in total. The van der Waals surface area contributed by atoms with Gasteiger partial charge in [-0.2, -0.15) is 22.6 Å². The Morgan fingerprint density at radius 3 is 2.53 bits per heavy atom. The van der Waals surface area contributed by atoms with Crippen LogP contribution in [0.5, 0.6) is 0 Å². The summed E-state index contributed by atoms with van der Waals surface area (Å²) >= 11 is 0.298. The maximum absolute atomic E-state index is 14.4. The van der Waals surface area contributed by atoms with Gasteiger partial charge in [-0.3, -0.25) is 4.79 Å². The normalized spacial score (nSPS) is 21.8. The molecule has 236 valence electrons. The number of thiazole rings is 1. The first-order chi connectivity index (χ1) is 21.3. The summed E-state index contributed by atoms with van der Waals surface area (Å²) in [6.45, 7) is 0.274. The fourth-order valence-electron chi connectivity index (χ4n) is 6.47. The Kier molecular flexibility index (Phi) is 7.13. The number of sulfonamides is 1. The number of Topliss-reactive ketones (excluding diaryl/α,β-unsaturated/α-hetero) is 1. The maximum Gasteiger partial charge on any atom is 0.427 e. The lowest BCUT2D eigenvalue weighted by Crippen LogP contribution is -2.51. The zero-order valence-corrected chi connectivity index (χ0v) is 25.7. The molecular formula is C30H28F4N6O3S2. The summed E-state index contributed by atoms with van der Waals surface area (Å²) in [4.78, 5) is 21.5. The predicted molar refractivity (Wildman–Crippen MR) is 157 cm³/mol. The molecule has 2 fully saturated rings. The number of halogens is 4. The number of allylic oxidation sites excluding steroid dienone is 1. The third-order valence-corrected chi connectivity index (χ3v) is 11.8. The van der Waals surface area contributed by atoms with Crippen molar-refractivity contribution in [2.24, 2.45) is 18.4 Å². The number of aryl methyl sites for hydroxylation is 1. The van der Waals surface area contributed by atoms with Crippen molar-refractivity contribution in [3.05, 3.63) is 81.7 Å². The number of carbonyl (C=O) groups excluding carboxylic acids is 1. The molecular weight excluding hydrogens is 632 g/mol. The van der Waals surface area contributed by atoms with Gasteiger partial charge in [0.05, 0.1) is 35.5 Å². The molecule has 0 radical (unpaired) electrons. The highest BCUT2D eigenvalue weighted by atomic mass is 32.2. The summed E-state index contributed by atoms with van der Waals surface area (Å²) in [7, 11) is -2.36. The molecule has 0 aliphatic heterocycles. The van der Waals surface area contributed by atoms with Crippen molar-refractivity contribution in [1.82, 2.24) is 28.6 Å². The first-order valence-electron chi connectivity index (χ1n) is 14.5. The first-order valence-corrected chi connectivity index (χ1v) is 16.7. The standard InChI is InChI=1S/C30H28F4N6O3S2/c1-38-16-26(36-17-38)45(42,43)39(15-18-2-3-18)23-7-4-20-10-24-19(13-37-40(24)22-8-5-21(31)6-9-22)11-29(20,12-23)27(41)28-35-14-25(44-28)30(32,33)34/h5-6,8-10,13-14,16-18,23H,2-4,7,11-12,15H2,1H3/t23-,29-/m0/s1. The Hall–Kier alpha value is -3.69. The second-order valence-electron chi connectivity index (χ2n) is 12.0. The number of rotatable bonds is 8. The number of nitrogens with zero attached hydrogens (tertiary/aromatic N) is 6. The van der Waals surface area contributed by atoms with Gasteiger partial charge in [0.1, 0.15) is 10.7 Å². The van der Waals surface area contributed by atoms with Crippen LogP contribution in [-0.2, 0) is 29.7 Å². The van der Waals surface area contributed by atoms with Crippen LogP contribution in [0.1, 0.15) is 58.0 Å². The van der Waals surface area contributed by atoms with E-state index in [4.69, 9.17) is 0 Å². The van der Waals surface area contributed by atoms with Gasteiger partial charge < -0.3 is 4.57 Å². The molecule has 7 rings (SSSR count).